The lowest BCUT2D eigenvalue weighted by atomic mass is 10.2. The molecule has 1 rings (SSSR count). The molecule has 1 aliphatic rings. The van der Waals surface area contributed by atoms with Crippen LogP contribution in [0.3, 0.4) is 0 Å². The van der Waals surface area contributed by atoms with Crippen molar-refractivity contribution in [1.82, 2.24) is 10.2 Å². The molecule has 0 bridgehead atoms. The Balaban J connectivity index is 1.95. The highest BCUT2D eigenvalue weighted by atomic mass is 16.5. The molecular weight excluding hydrogens is 180 g/mol. The summed E-state index contributed by atoms with van der Waals surface area (Å²) in [4.78, 5) is 2.28. The van der Waals surface area contributed by atoms with E-state index >= 15 is 0 Å². The van der Waals surface area contributed by atoms with Crippen LogP contribution in [-0.4, -0.2) is 62.6 Å². The molecule has 0 aromatic carbocycles. The van der Waals surface area contributed by atoms with Crippen LogP contribution in [0.15, 0.2) is 0 Å². The molecule has 0 saturated carbocycles. The van der Waals surface area contributed by atoms with Gasteiger partial charge in [-0.05, 0) is 26.4 Å². The van der Waals surface area contributed by atoms with E-state index in [0.717, 1.165) is 13.1 Å². The molecule has 14 heavy (non-hydrogen) atoms. The lowest BCUT2D eigenvalue weighted by Crippen LogP contribution is -2.36. The van der Waals surface area contributed by atoms with Gasteiger partial charge in [0.1, 0.15) is 0 Å². The molecule has 0 radical (unpaired) electrons. The second-order valence-electron chi connectivity index (χ2n) is 3.89. The number of aliphatic hydroxyl groups is 1. The first-order chi connectivity index (χ1) is 6.83. The molecule has 1 fully saturated rings. The lowest BCUT2D eigenvalue weighted by Gasteiger charge is -2.20. The molecule has 0 aromatic heterocycles. The molecule has 0 aliphatic carbocycles. The maximum atomic E-state index is 8.51. The van der Waals surface area contributed by atoms with Gasteiger partial charge in [-0.1, -0.05) is 0 Å². The minimum Gasteiger partial charge on any atom is -0.394 e. The van der Waals surface area contributed by atoms with E-state index < -0.39 is 0 Å². The number of rotatable bonds is 7. The van der Waals surface area contributed by atoms with Gasteiger partial charge in [0.15, 0.2) is 0 Å². The number of likely N-dealkylation sites (N-methyl/N-ethyl adjacent to an activating group) is 1. The molecule has 0 amide bonds. The van der Waals surface area contributed by atoms with Crippen molar-refractivity contribution < 1.29 is 9.84 Å². The SMILES string of the molecule is CN(CCOCCO)CC1CCCN1. The van der Waals surface area contributed by atoms with Gasteiger partial charge in [0, 0.05) is 19.1 Å². The van der Waals surface area contributed by atoms with Crippen molar-refractivity contribution in [3.05, 3.63) is 0 Å². The van der Waals surface area contributed by atoms with Crippen molar-refractivity contribution in [2.75, 3.05) is 46.5 Å². The molecule has 4 heteroatoms. The highest BCUT2D eigenvalue weighted by molar-refractivity contribution is 4.76. The summed E-state index contributed by atoms with van der Waals surface area (Å²) in [5.74, 6) is 0. The van der Waals surface area contributed by atoms with E-state index in [0.29, 0.717) is 19.3 Å². The zero-order valence-electron chi connectivity index (χ0n) is 9.04. The summed E-state index contributed by atoms with van der Waals surface area (Å²) >= 11 is 0. The predicted octanol–water partition coefficient (Wildman–Crippen LogP) is -0.321. The Bertz CT molecular complexity index is 138. The first-order valence-electron chi connectivity index (χ1n) is 5.43. The van der Waals surface area contributed by atoms with Crippen LogP contribution in [0.4, 0.5) is 0 Å². The molecule has 0 aromatic rings. The Labute approximate surface area is 86.2 Å². The summed E-state index contributed by atoms with van der Waals surface area (Å²) in [5.41, 5.74) is 0. The normalized spacial score (nSPS) is 22.1. The lowest BCUT2D eigenvalue weighted by molar-refractivity contribution is 0.0771. The van der Waals surface area contributed by atoms with Gasteiger partial charge in [0.2, 0.25) is 0 Å². The molecule has 2 N–H and O–H groups in total. The molecule has 1 heterocycles. The van der Waals surface area contributed by atoms with Gasteiger partial charge in [0.05, 0.1) is 19.8 Å². The van der Waals surface area contributed by atoms with Crippen LogP contribution < -0.4 is 5.32 Å². The number of hydrogen-bond donors (Lipinski definition) is 2. The van der Waals surface area contributed by atoms with Crippen LogP contribution in [0.2, 0.25) is 0 Å². The fourth-order valence-electron chi connectivity index (χ4n) is 1.77. The molecule has 4 nitrogen and oxygen atoms in total. The van der Waals surface area contributed by atoms with Crippen molar-refractivity contribution in [1.29, 1.82) is 0 Å². The fraction of sp³-hybridized carbons (Fsp3) is 1.00. The van der Waals surface area contributed by atoms with Crippen LogP contribution in [0, 0.1) is 0 Å². The molecule has 1 saturated heterocycles. The van der Waals surface area contributed by atoms with E-state index in [1.54, 1.807) is 0 Å². The van der Waals surface area contributed by atoms with Crippen molar-refractivity contribution in [3.63, 3.8) is 0 Å². The Hall–Kier alpha value is -0.160. The second kappa shape index (κ2) is 7.17. The molecule has 0 spiro atoms. The average molecular weight is 202 g/mol. The van der Waals surface area contributed by atoms with Crippen LogP contribution in [0.1, 0.15) is 12.8 Å². The average Bonchev–Trinajstić information content (AvgIpc) is 2.65. The maximum Gasteiger partial charge on any atom is 0.0698 e. The van der Waals surface area contributed by atoms with Gasteiger partial charge in [-0.25, -0.2) is 0 Å². The quantitative estimate of drug-likeness (QED) is 0.555. The third-order valence-corrected chi connectivity index (χ3v) is 2.55. The predicted molar refractivity (Wildman–Crippen MR) is 56.4 cm³/mol. The van der Waals surface area contributed by atoms with E-state index in [4.69, 9.17) is 9.84 Å². The van der Waals surface area contributed by atoms with Gasteiger partial charge >= 0.3 is 0 Å². The van der Waals surface area contributed by atoms with Gasteiger partial charge in [-0.2, -0.15) is 0 Å². The van der Waals surface area contributed by atoms with Crippen LogP contribution in [0.25, 0.3) is 0 Å². The number of nitrogens with one attached hydrogen (secondary N) is 1. The molecule has 1 atom stereocenters. The zero-order valence-corrected chi connectivity index (χ0v) is 9.04. The van der Waals surface area contributed by atoms with Crippen LogP contribution in [0.5, 0.6) is 0 Å². The number of nitrogens with zero attached hydrogens (tertiary/aromatic N) is 1. The minimum absolute atomic E-state index is 0.119. The van der Waals surface area contributed by atoms with Crippen molar-refractivity contribution in [2.24, 2.45) is 0 Å². The van der Waals surface area contributed by atoms with Crippen molar-refractivity contribution in [2.45, 2.75) is 18.9 Å². The summed E-state index contributed by atoms with van der Waals surface area (Å²) in [6, 6.07) is 0.665. The van der Waals surface area contributed by atoms with Crippen LogP contribution >= 0.6 is 0 Å². The van der Waals surface area contributed by atoms with E-state index in [1.165, 1.54) is 19.4 Å². The zero-order chi connectivity index (χ0) is 10.2. The largest absolute Gasteiger partial charge is 0.394 e. The summed E-state index contributed by atoms with van der Waals surface area (Å²) in [5, 5.41) is 12.0. The number of hydrogen-bond acceptors (Lipinski definition) is 4. The summed E-state index contributed by atoms with van der Waals surface area (Å²) in [6.45, 7) is 4.49. The van der Waals surface area contributed by atoms with Gasteiger partial charge in [-0.3, -0.25) is 0 Å². The van der Waals surface area contributed by atoms with Crippen molar-refractivity contribution >= 4 is 0 Å². The topological polar surface area (TPSA) is 44.7 Å². The highest BCUT2D eigenvalue weighted by Gasteiger charge is 2.15. The van der Waals surface area contributed by atoms with Gasteiger partial charge in [0.25, 0.3) is 0 Å². The highest BCUT2D eigenvalue weighted by Crippen LogP contribution is 2.05. The standard InChI is InChI=1S/C10H22N2O2/c1-12(5-7-14-8-6-13)9-10-3-2-4-11-10/h10-11,13H,2-9H2,1H3. The van der Waals surface area contributed by atoms with Gasteiger partial charge < -0.3 is 20.1 Å². The smallest absolute Gasteiger partial charge is 0.0698 e. The first kappa shape index (κ1) is 11.9. The fourth-order valence-corrected chi connectivity index (χ4v) is 1.77. The molecule has 1 aliphatic heterocycles. The Morgan fingerprint density at radius 3 is 3.00 bits per heavy atom. The molecular formula is C10H22N2O2. The Kier molecular flexibility index (Phi) is 6.10. The second-order valence-corrected chi connectivity index (χ2v) is 3.89. The minimum atomic E-state index is 0.119. The van der Waals surface area contributed by atoms with E-state index in [2.05, 4.69) is 17.3 Å². The summed E-state index contributed by atoms with van der Waals surface area (Å²) < 4.78 is 5.21. The monoisotopic (exact) mass is 202 g/mol. The van der Waals surface area contributed by atoms with E-state index in [1.807, 2.05) is 0 Å². The van der Waals surface area contributed by atoms with E-state index in [9.17, 15) is 0 Å². The summed E-state index contributed by atoms with van der Waals surface area (Å²) in [7, 11) is 2.11. The Morgan fingerprint density at radius 2 is 2.36 bits per heavy atom. The summed E-state index contributed by atoms with van der Waals surface area (Å²) in [6.07, 6.45) is 2.60. The van der Waals surface area contributed by atoms with Crippen molar-refractivity contribution in [3.8, 4) is 0 Å². The van der Waals surface area contributed by atoms with Crippen LogP contribution in [-0.2, 0) is 4.74 Å². The Morgan fingerprint density at radius 1 is 1.50 bits per heavy atom. The number of ether oxygens (including phenoxy) is 1. The van der Waals surface area contributed by atoms with E-state index in [-0.39, 0.29) is 6.61 Å². The first-order valence-corrected chi connectivity index (χ1v) is 5.43. The third kappa shape index (κ3) is 4.91. The maximum absolute atomic E-state index is 8.51. The third-order valence-electron chi connectivity index (χ3n) is 2.55. The molecule has 84 valence electrons. The number of aliphatic hydroxyl groups excluding tert-OH is 1. The molecule has 1 unspecified atom stereocenters. The van der Waals surface area contributed by atoms with Gasteiger partial charge in [-0.15, -0.1) is 0 Å².